The number of aromatic nitrogens is 3. The second kappa shape index (κ2) is 9.54. The Kier molecular flexibility index (Phi) is 6.32. The Morgan fingerprint density at radius 1 is 1.21 bits per heavy atom. The van der Waals surface area contributed by atoms with Crippen LogP contribution in [0.15, 0.2) is 42.7 Å². The van der Waals surface area contributed by atoms with Crippen LogP contribution in [0.4, 0.5) is 17.5 Å². The lowest BCUT2D eigenvalue weighted by molar-refractivity contribution is 0.0342. The van der Waals surface area contributed by atoms with Crippen molar-refractivity contribution in [2.45, 2.75) is 18.9 Å². The summed E-state index contributed by atoms with van der Waals surface area (Å²) in [4.78, 5) is 16.0. The topological polar surface area (TPSA) is 105 Å². The van der Waals surface area contributed by atoms with Gasteiger partial charge in [-0.15, -0.1) is 0 Å². The number of ether oxygens (including phenoxy) is 2. The third kappa shape index (κ3) is 4.54. The van der Waals surface area contributed by atoms with E-state index in [-0.39, 0.29) is 12.0 Å². The Labute approximate surface area is 199 Å². The fourth-order valence-electron chi connectivity index (χ4n) is 4.38. The fourth-order valence-corrected chi connectivity index (χ4v) is 4.38. The first-order chi connectivity index (χ1) is 16.6. The monoisotopic (exact) mass is 462 g/mol. The number of fused-ring (bicyclic) bond motifs is 1. The average molecular weight is 463 g/mol. The highest BCUT2D eigenvalue weighted by Gasteiger charge is 2.35. The molecule has 0 spiro atoms. The molecule has 0 amide bonds. The first-order valence-corrected chi connectivity index (χ1v) is 11.5. The molecular weight excluding hydrogens is 432 g/mol. The van der Waals surface area contributed by atoms with Crippen LogP contribution in [0.25, 0.3) is 11.3 Å². The van der Waals surface area contributed by atoms with Gasteiger partial charge in [0.15, 0.2) is 0 Å². The van der Waals surface area contributed by atoms with Gasteiger partial charge < -0.3 is 25.2 Å². The van der Waals surface area contributed by atoms with E-state index in [9.17, 15) is 5.11 Å². The van der Waals surface area contributed by atoms with Crippen LogP contribution in [0.3, 0.4) is 0 Å². The standard InChI is InChI=1S/C25H30N6O3/c1-25(16-32)15-28-23-19(25)12-18(13-27-23)20-5-6-26-24(29-20)30-21-4-3-17(11-22(21)33-2)14-31-7-9-34-10-8-31/h3-6,11-13,32H,7-10,14-16H2,1-2H3,(H,27,28)(H,26,29,30). The molecule has 1 saturated heterocycles. The van der Waals surface area contributed by atoms with E-state index in [0.717, 1.165) is 66.9 Å². The summed E-state index contributed by atoms with van der Waals surface area (Å²) in [6.45, 7) is 7.03. The number of nitrogens with one attached hydrogen (secondary N) is 2. The minimum atomic E-state index is -0.358. The molecule has 178 valence electrons. The molecule has 0 radical (unpaired) electrons. The number of hydrogen-bond acceptors (Lipinski definition) is 9. The molecule has 0 aliphatic carbocycles. The maximum atomic E-state index is 9.88. The molecule has 2 aliphatic heterocycles. The highest BCUT2D eigenvalue weighted by atomic mass is 16.5. The molecule has 9 heteroatoms. The second-order valence-corrected chi connectivity index (χ2v) is 9.01. The van der Waals surface area contributed by atoms with Crippen LogP contribution in [-0.4, -0.2) is 71.5 Å². The number of benzene rings is 1. The van der Waals surface area contributed by atoms with E-state index in [1.165, 1.54) is 5.56 Å². The van der Waals surface area contributed by atoms with Gasteiger partial charge in [-0.05, 0) is 29.8 Å². The van der Waals surface area contributed by atoms with Crippen molar-refractivity contribution >= 4 is 17.5 Å². The van der Waals surface area contributed by atoms with Crippen LogP contribution in [0.2, 0.25) is 0 Å². The van der Waals surface area contributed by atoms with Crippen LogP contribution >= 0.6 is 0 Å². The maximum absolute atomic E-state index is 9.88. The summed E-state index contributed by atoms with van der Waals surface area (Å²) in [5.41, 5.74) is 4.25. The lowest BCUT2D eigenvalue weighted by Crippen LogP contribution is -2.35. The predicted octanol–water partition coefficient (Wildman–Crippen LogP) is 2.80. The highest BCUT2D eigenvalue weighted by molar-refractivity contribution is 5.68. The van der Waals surface area contributed by atoms with Crippen molar-refractivity contribution in [3.8, 4) is 17.0 Å². The van der Waals surface area contributed by atoms with Crippen molar-refractivity contribution in [2.75, 3.05) is 57.2 Å². The summed E-state index contributed by atoms with van der Waals surface area (Å²) in [6.07, 6.45) is 3.52. The van der Waals surface area contributed by atoms with Crippen molar-refractivity contribution in [2.24, 2.45) is 0 Å². The first-order valence-electron chi connectivity index (χ1n) is 11.5. The van der Waals surface area contributed by atoms with E-state index in [1.54, 1.807) is 19.5 Å². The zero-order valence-electron chi connectivity index (χ0n) is 19.5. The van der Waals surface area contributed by atoms with Crippen molar-refractivity contribution in [3.05, 3.63) is 53.9 Å². The molecule has 0 bridgehead atoms. The lowest BCUT2D eigenvalue weighted by atomic mass is 9.85. The molecular formula is C25H30N6O3. The molecule has 2 aromatic heterocycles. The molecule has 4 heterocycles. The van der Waals surface area contributed by atoms with Gasteiger partial charge in [0, 0.05) is 55.1 Å². The highest BCUT2D eigenvalue weighted by Crippen LogP contribution is 2.37. The minimum absolute atomic E-state index is 0.0516. The summed E-state index contributed by atoms with van der Waals surface area (Å²) < 4.78 is 11.1. The number of anilines is 3. The van der Waals surface area contributed by atoms with E-state index >= 15 is 0 Å². The number of morpholine rings is 1. The number of rotatable bonds is 7. The van der Waals surface area contributed by atoms with Crippen LogP contribution < -0.4 is 15.4 Å². The third-order valence-corrected chi connectivity index (χ3v) is 6.51. The average Bonchev–Trinajstić information content (AvgIpc) is 3.22. The van der Waals surface area contributed by atoms with Crippen LogP contribution in [-0.2, 0) is 16.7 Å². The lowest BCUT2D eigenvalue weighted by Gasteiger charge is -2.26. The number of aliphatic hydroxyl groups is 1. The summed E-state index contributed by atoms with van der Waals surface area (Å²) in [5, 5.41) is 16.4. The van der Waals surface area contributed by atoms with Crippen molar-refractivity contribution in [3.63, 3.8) is 0 Å². The number of pyridine rings is 1. The minimum Gasteiger partial charge on any atom is -0.495 e. The van der Waals surface area contributed by atoms with Crippen LogP contribution in [0.5, 0.6) is 5.75 Å². The quantitative estimate of drug-likeness (QED) is 0.489. The van der Waals surface area contributed by atoms with Gasteiger partial charge in [0.2, 0.25) is 5.95 Å². The number of aliphatic hydroxyl groups excluding tert-OH is 1. The third-order valence-electron chi connectivity index (χ3n) is 6.51. The van der Waals surface area contributed by atoms with Crippen LogP contribution in [0.1, 0.15) is 18.1 Å². The van der Waals surface area contributed by atoms with Gasteiger partial charge >= 0.3 is 0 Å². The summed E-state index contributed by atoms with van der Waals surface area (Å²) >= 11 is 0. The van der Waals surface area contributed by atoms with Gasteiger partial charge in [-0.2, -0.15) is 0 Å². The molecule has 34 heavy (non-hydrogen) atoms. The van der Waals surface area contributed by atoms with E-state index in [4.69, 9.17) is 14.5 Å². The number of nitrogens with zero attached hydrogens (tertiary/aromatic N) is 4. The molecule has 0 saturated carbocycles. The van der Waals surface area contributed by atoms with Crippen molar-refractivity contribution in [1.29, 1.82) is 0 Å². The van der Waals surface area contributed by atoms with Crippen molar-refractivity contribution < 1.29 is 14.6 Å². The van der Waals surface area contributed by atoms with E-state index in [1.807, 2.05) is 25.1 Å². The first kappa shape index (κ1) is 22.5. The Bertz CT molecular complexity index is 1170. The van der Waals surface area contributed by atoms with Gasteiger partial charge in [-0.3, -0.25) is 4.90 Å². The number of hydrogen-bond donors (Lipinski definition) is 3. The molecule has 9 nitrogen and oxygen atoms in total. The molecule has 5 rings (SSSR count). The Morgan fingerprint density at radius 2 is 2.06 bits per heavy atom. The van der Waals surface area contributed by atoms with Gasteiger partial charge in [0.1, 0.15) is 11.6 Å². The molecule has 1 unspecified atom stereocenters. The predicted molar refractivity (Wildman–Crippen MR) is 131 cm³/mol. The molecule has 1 atom stereocenters. The van der Waals surface area contributed by atoms with Crippen molar-refractivity contribution in [1.82, 2.24) is 19.9 Å². The molecule has 1 aromatic carbocycles. The van der Waals surface area contributed by atoms with Gasteiger partial charge in [0.05, 0.1) is 38.3 Å². The molecule has 3 N–H and O–H groups in total. The van der Waals surface area contributed by atoms with Gasteiger partial charge in [-0.1, -0.05) is 13.0 Å². The normalized spacial score (nSPS) is 20.0. The van der Waals surface area contributed by atoms with Gasteiger partial charge in [-0.25, -0.2) is 15.0 Å². The smallest absolute Gasteiger partial charge is 0.227 e. The Hall–Kier alpha value is -3.27. The Morgan fingerprint density at radius 3 is 2.85 bits per heavy atom. The van der Waals surface area contributed by atoms with Crippen LogP contribution in [0, 0.1) is 0 Å². The molecule has 1 fully saturated rings. The van der Waals surface area contributed by atoms with E-state index in [2.05, 4.69) is 37.6 Å². The SMILES string of the molecule is COc1cc(CN2CCOCC2)ccc1Nc1nccc(-c2cnc3c(c2)C(C)(CO)CN3)n1. The zero-order valence-corrected chi connectivity index (χ0v) is 19.5. The molecule has 2 aliphatic rings. The maximum Gasteiger partial charge on any atom is 0.227 e. The summed E-state index contributed by atoms with van der Waals surface area (Å²) in [6, 6.07) is 10.0. The molecule has 3 aromatic rings. The fraction of sp³-hybridized carbons (Fsp3) is 0.400. The zero-order chi connectivity index (χ0) is 23.5. The second-order valence-electron chi connectivity index (χ2n) is 9.01. The summed E-state index contributed by atoms with van der Waals surface area (Å²) in [7, 11) is 1.67. The number of methoxy groups -OCH3 is 1. The largest absolute Gasteiger partial charge is 0.495 e. The summed E-state index contributed by atoms with van der Waals surface area (Å²) in [5.74, 6) is 2.03. The van der Waals surface area contributed by atoms with E-state index in [0.29, 0.717) is 12.5 Å². The van der Waals surface area contributed by atoms with E-state index < -0.39 is 0 Å². The van der Waals surface area contributed by atoms with Gasteiger partial charge in [0.25, 0.3) is 0 Å². The Balaban J connectivity index is 1.36.